The first-order valence-corrected chi connectivity index (χ1v) is 30.8. The van der Waals surface area contributed by atoms with Crippen LogP contribution >= 0.6 is 22.1 Å². The maximum atomic E-state index is 12.3. The summed E-state index contributed by atoms with van der Waals surface area (Å²) in [6.07, 6.45) is 29.0. The van der Waals surface area contributed by atoms with Gasteiger partial charge in [0, 0.05) is 22.1 Å². The van der Waals surface area contributed by atoms with E-state index in [2.05, 4.69) is 83.1 Å². The molecule has 0 heterocycles. The van der Waals surface area contributed by atoms with E-state index in [1.165, 1.54) is 0 Å². The van der Waals surface area contributed by atoms with Gasteiger partial charge in [0.2, 0.25) is 0 Å². The van der Waals surface area contributed by atoms with Crippen molar-refractivity contribution in [3.8, 4) is 0 Å². The van der Waals surface area contributed by atoms with Gasteiger partial charge < -0.3 is 28.4 Å². The molecule has 0 spiro atoms. The van der Waals surface area contributed by atoms with Crippen molar-refractivity contribution < 1.29 is 110 Å². The Labute approximate surface area is 436 Å². The van der Waals surface area contributed by atoms with E-state index in [-0.39, 0.29) is 81.7 Å². The molecule has 0 aromatic carbocycles. The van der Waals surface area contributed by atoms with Gasteiger partial charge in [-0.1, -0.05) is 237 Å². The summed E-state index contributed by atoms with van der Waals surface area (Å²) in [5.74, 6) is 2.29. The minimum absolute atomic E-state index is 0. The average molecular weight is 1160 g/mol. The Morgan fingerprint density at radius 1 is 0.288 bits per heavy atom. The van der Waals surface area contributed by atoms with Crippen LogP contribution < -0.4 is 14.7 Å². The van der Waals surface area contributed by atoms with E-state index in [4.69, 9.17) is 0 Å². The molecular weight excluding hydrogens is 1050 g/mol. The molecule has 0 saturated heterocycles. The van der Waals surface area contributed by atoms with E-state index in [0.29, 0.717) is 72.5 Å². The fourth-order valence-electron chi connectivity index (χ4n) is 8.09. The third-order valence-electron chi connectivity index (χ3n) is 12.5. The maximum Gasteiger partial charge on any atom is 3.00 e. The zero-order chi connectivity index (χ0) is 44.2. The molecule has 0 aliphatic rings. The van der Waals surface area contributed by atoms with Crippen LogP contribution in [0.3, 0.4) is 0 Å². The molecule has 2 radical (unpaired) electrons. The Bertz CT molecular complexity index is 830. The van der Waals surface area contributed by atoms with E-state index in [1.807, 2.05) is 0 Å². The van der Waals surface area contributed by atoms with Gasteiger partial charge in [0.05, 0.1) is 0 Å². The van der Waals surface area contributed by atoms with Gasteiger partial charge in [0.25, 0.3) is 0 Å². The van der Waals surface area contributed by atoms with Crippen LogP contribution in [0, 0.1) is 117 Å². The fourth-order valence-corrected chi connectivity index (χ4v) is 15.9. The van der Waals surface area contributed by atoms with Gasteiger partial charge in [-0.25, -0.2) is 0 Å². The number of hydrogen-bond donors (Lipinski definition) is 0. The van der Waals surface area contributed by atoms with Gasteiger partial charge in [-0.3, -0.25) is 0 Å². The van der Waals surface area contributed by atoms with E-state index >= 15 is 0 Å². The van der Waals surface area contributed by atoms with Crippen molar-refractivity contribution >= 4 is 22.1 Å². The smallest absolute Gasteiger partial charge is 0.799 e. The zero-order valence-corrected chi connectivity index (χ0v) is 50.6. The normalized spacial score (nSPS) is 17.3. The molecule has 6 unspecified atom stereocenters. The van der Waals surface area contributed by atoms with Gasteiger partial charge in [0.15, 0.2) is 0 Å². The van der Waals surface area contributed by atoms with E-state index in [1.54, 1.807) is 0 Å². The van der Waals surface area contributed by atoms with Crippen molar-refractivity contribution in [3.63, 3.8) is 0 Å². The molecule has 0 aromatic rings. The van der Waals surface area contributed by atoms with E-state index < -0.39 is 22.1 Å². The summed E-state index contributed by atoms with van der Waals surface area (Å²) in [7, 11) is -9.50. The zero-order valence-electron chi connectivity index (χ0n) is 41.5. The van der Waals surface area contributed by atoms with E-state index in [0.717, 1.165) is 154 Å². The Kier molecular flexibility index (Phi) is 56.0. The van der Waals surface area contributed by atoms with Crippen molar-refractivity contribution in [2.45, 2.75) is 237 Å². The third-order valence-corrected chi connectivity index (χ3v) is 18.9. The molecule has 0 rings (SSSR count). The van der Waals surface area contributed by atoms with Crippen molar-refractivity contribution in [2.75, 3.05) is 37.0 Å². The second kappa shape index (κ2) is 46.4. The van der Waals surface area contributed by atoms with Crippen LogP contribution in [0.25, 0.3) is 0 Å². The summed E-state index contributed by atoms with van der Waals surface area (Å²) in [6, 6.07) is 0. The molecule has 0 saturated carbocycles. The van der Waals surface area contributed by atoms with Gasteiger partial charge in [-0.05, 0) is 72.5 Å². The second-order valence-electron chi connectivity index (χ2n) is 18.0. The standard InChI is InChI=1S/3C16H35O2P.2Nd/c3*1-5-9-11-15(7-3)13-19(17,18)14-16(8-4)12-10-6-2;;/h3*15-16H,5-14H2,1-4H3,(H,17,18);;/q;;;2*+3/p-3. The van der Waals surface area contributed by atoms with Crippen molar-refractivity contribution in [3.05, 3.63) is 0 Å². The summed E-state index contributed by atoms with van der Waals surface area (Å²) >= 11 is 0. The van der Waals surface area contributed by atoms with Gasteiger partial charge >= 0.3 is 81.7 Å². The minimum Gasteiger partial charge on any atom is -0.799 e. The number of unbranched alkanes of at least 4 members (excludes halogenated alkanes) is 6. The first-order chi connectivity index (χ1) is 27.0. The number of hydrogen-bond acceptors (Lipinski definition) is 6. The predicted molar refractivity (Wildman–Crippen MR) is 252 cm³/mol. The van der Waals surface area contributed by atoms with Gasteiger partial charge in [0.1, 0.15) is 0 Å². The molecule has 0 aliphatic heterocycles. The maximum absolute atomic E-state index is 12.3. The van der Waals surface area contributed by atoms with Crippen molar-refractivity contribution in [1.82, 2.24) is 0 Å². The molecule has 0 bridgehead atoms. The molecule has 59 heavy (non-hydrogen) atoms. The first-order valence-electron chi connectivity index (χ1n) is 24.8. The first kappa shape index (κ1) is 71.3. The van der Waals surface area contributed by atoms with Crippen molar-refractivity contribution in [2.24, 2.45) is 35.5 Å². The molecule has 6 nitrogen and oxygen atoms in total. The Morgan fingerprint density at radius 2 is 0.407 bits per heavy atom. The molecule has 6 atom stereocenters. The molecule has 0 N–H and O–H groups in total. The van der Waals surface area contributed by atoms with Crippen LogP contribution in [-0.2, 0) is 13.7 Å². The monoisotopic (exact) mass is 1150 g/mol. The van der Waals surface area contributed by atoms with Crippen molar-refractivity contribution in [1.29, 1.82) is 0 Å². The summed E-state index contributed by atoms with van der Waals surface area (Å²) in [6.45, 7) is 25.7. The summed E-state index contributed by atoms with van der Waals surface area (Å²) in [5, 5.41) is 0. The van der Waals surface area contributed by atoms with E-state index in [9.17, 15) is 28.4 Å². The topological polar surface area (TPSA) is 120 Å². The van der Waals surface area contributed by atoms with Crippen LogP contribution in [0.15, 0.2) is 0 Å². The van der Waals surface area contributed by atoms with Crippen LogP contribution in [-0.4, -0.2) is 37.0 Å². The van der Waals surface area contributed by atoms with Crippen LogP contribution in [0.1, 0.15) is 237 Å². The Morgan fingerprint density at radius 3 is 0.492 bits per heavy atom. The summed E-state index contributed by atoms with van der Waals surface area (Å²) in [4.78, 5) is 37.0. The Balaban J connectivity index is -0.000000243. The van der Waals surface area contributed by atoms with Gasteiger partial charge in [-0.2, -0.15) is 0 Å². The molecule has 11 heteroatoms. The van der Waals surface area contributed by atoms with Crippen LogP contribution in [0.5, 0.6) is 0 Å². The largest absolute Gasteiger partial charge is 3.00 e. The fraction of sp³-hybridized carbons (Fsp3) is 1.00. The minimum atomic E-state index is -3.17. The molecule has 0 amide bonds. The number of rotatable bonds is 36. The van der Waals surface area contributed by atoms with Gasteiger partial charge in [-0.15, -0.1) is 0 Å². The quantitative estimate of drug-likeness (QED) is 0.0576. The van der Waals surface area contributed by atoms with Crippen LogP contribution in [0.2, 0.25) is 0 Å². The summed E-state index contributed by atoms with van der Waals surface area (Å²) < 4.78 is 37.0. The second-order valence-corrected chi connectivity index (χ2v) is 25.1. The molecule has 350 valence electrons. The third kappa shape index (κ3) is 44.9. The molecule has 0 aliphatic carbocycles. The molecule has 0 aromatic heterocycles. The average Bonchev–Trinajstić information content (AvgIpc) is 3.18. The SMILES string of the molecule is CCCCC(CC)CP(=O)([O-])CC(CC)CCCC.CCCCC(CC)CP(=O)([O-])CC(CC)CCCC.CCCCC(CC)CP(=O)([O-])CC(CC)CCCC.[Nd+3].[Nd+3]. The summed E-state index contributed by atoms with van der Waals surface area (Å²) in [5.41, 5.74) is 0. The predicted octanol–water partition coefficient (Wildman–Crippen LogP) is 15.2. The molecule has 0 fully saturated rings. The Hall–Kier alpha value is 3.27. The molecular formula is C48H102Nd2O6P3+3. The van der Waals surface area contributed by atoms with Crippen LogP contribution in [0.4, 0.5) is 0 Å².